The number of hydrogen-bond donors (Lipinski definition) is 1. The molecule has 1 atom stereocenters. The molecular formula is C22H18FN7O. The lowest BCUT2D eigenvalue weighted by atomic mass is 10.1. The molecule has 31 heavy (non-hydrogen) atoms. The number of hydrogen-bond acceptors (Lipinski definition) is 7. The zero-order valence-corrected chi connectivity index (χ0v) is 16.6. The molecule has 4 aromatic rings. The molecule has 0 aliphatic heterocycles. The van der Waals surface area contributed by atoms with E-state index < -0.39 is 6.17 Å². The van der Waals surface area contributed by atoms with Gasteiger partial charge in [0.25, 0.3) is 0 Å². The maximum absolute atomic E-state index is 13.8. The van der Waals surface area contributed by atoms with E-state index in [-0.39, 0.29) is 6.54 Å². The molecule has 0 radical (unpaired) electrons. The molecule has 0 fully saturated rings. The van der Waals surface area contributed by atoms with Gasteiger partial charge in [-0.1, -0.05) is 6.07 Å². The van der Waals surface area contributed by atoms with E-state index in [4.69, 9.17) is 10.5 Å². The highest BCUT2D eigenvalue weighted by atomic mass is 19.1. The maximum atomic E-state index is 13.8. The molecule has 0 amide bonds. The Morgan fingerprint density at radius 3 is 2.61 bits per heavy atom. The van der Waals surface area contributed by atoms with Crippen LogP contribution >= 0.6 is 0 Å². The summed E-state index contributed by atoms with van der Waals surface area (Å²) in [5.74, 6) is 1.15. The van der Waals surface area contributed by atoms with Crippen LogP contribution < -0.4 is 10.5 Å². The van der Waals surface area contributed by atoms with Gasteiger partial charge in [0.15, 0.2) is 5.82 Å². The molecule has 0 bridgehead atoms. The minimum absolute atomic E-state index is 0.146. The first-order valence-electron chi connectivity index (χ1n) is 9.43. The van der Waals surface area contributed by atoms with Crippen LogP contribution in [0.25, 0.3) is 22.8 Å². The molecule has 2 N–H and O–H groups in total. The van der Waals surface area contributed by atoms with E-state index in [1.54, 1.807) is 42.2 Å². The molecule has 4 rings (SSSR count). The third-order valence-corrected chi connectivity index (χ3v) is 4.57. The maximum Gasteiger partial charge on any atom is 0.218 e. The van der Waals surface area contributed by atoms with Gasteiger partial charge in [0, 0.05) is 43.8 Å². The zero-order valence-electron chi connectivity index (χ0n) is 16.6. The number of halogens is 1. The van der Waals surface area contributed by atoms with Gasteiger partial charge >= 0.3 is 0 Å². The first-order valence-corrected chi connectivity index (χ1v) is 9.43. The van der Waals surface area contributed by atoms with E-state index >= 15 is 0 Å². The van der Waals surface area contributed by atoms with Crippen LogP contribution in [0.3, 0.4) is 0 Å². The number of ether oxygens (including phenoxy) is 1. The molecule has 3 aromatic heterocycles. The molecule has 0 unspecified atom stereocenters. The van der Waals surface area contributed by atoms with Gasteiger partial charge in [-0.15, -0.1) is 0 Å². The highest BCUT2D eigenvalue weighted by Gasteiger charge is 2.16. The number of pyridine rings is 1. The number of rotatable bonds is 6. The van der Waals surface area contributed by atoms with Gasteiger partial charge in [0.2, 0.25) is 5.88 Å². The Hall–Kier alpha value is -4.16. The summed E-state index contributed by atoms with van der Waals surface area (Å²) in [6.45, 7) is -0.146. The molecule has 0 saturated carbocycles. The monoisotopic (exact) mass is 415 g/mol. The Morgan fingerprint density at radius 2 is 1.94 bits per heavy atom. The fourth-order valence-electron chi connectivity index (χ4n) is 2.93. The first-order chi connectivity index (χ1) is 15.1. The minimum atomic E-state index is -1.33. The standard InChI is InChI=1S/C22H18FN7O/c1-30-21(9-19(29-30)18-4-2-3-7-26-18)31-20-8-14(10-24)5-6-16(20)22-27-12-15(13-28-22)17(23)11-25/h2-9,12-13,17H,11,25H2,1H3/t17-/m0/s1. The third kappa shape index (κ3) is 4.24. The molecule has 9 heteroatoms. The molecule has 0 aliphatic carbocycles. The quantitative estimate of drug-likeness (QED) is 0.512. The summed E-state index contributed by atoms with van der Waals surface area (Å²) in [5.41, 5.74) is 7.97. The average Bonchev–Trinajstić information content (AvgIpc) is 3.19. The Bertz CT molecular complexity index is 1230. The van der Waals surface area contributed by atoms with E-state index in [0.29, 0.717) is 45.5 Å². The van der Waals surface area contributed by atoms with Crippen LogP contribution in [0.1, 0.15) is 17.3 Å². The lowest BCUT2D eigenvalue weighted by Crippen LogP contribution is -2.08. The van der Waals surface area contributed by atoms with Gasteiger partial charge in [0.1, 0.15) is 17.6 Å². The van der Waals surface area contributed by atoms with Crippen LogP contribution in [-0.2, 0) is 7.05 Å². The SMILES string of the molecule is Cn1nc(-c2ccccn2)cc1Oc1cc(C#N)ccc1-c1ncc([C@@H](F)CN)cn1. The predicted molar refractivity (Wildman–Crippen MR) is 112 cm³/mol. The Balaban J connectivity index is 1.70. The Labute approximate surface area is 177 Å². The number of aromatic nitrogens is 5. The van der Waals surface area contributed by atoms with Crippen molar-refractivity contribution in [3.05, 3.63) is 72.2 Å². The van der Waals surface area contributed by atoms with Crippen LogP contribution in [0.15, 0.2) is 61.1 Å². The van der Waals surface area contributed by atoms with Crippen molar-refractivity contribution >= 4 is 0 Å². The normalized spacial score (nSPS) is 11.7. The lowest BCUT2D eigenvalue weighted by Gasteiger charge is -2.11. The summed E-state index contributed by atoms with van der Waals surface area (Å²) in [6, 6.07) is 14.3. The van der Waals surface area contributed by atoms with Crippen molar-refractivity contribution in [1.29, 1.82) is 5.26 Å². The van der Waals surface area contributed by atoms with E-state index in [1.807, 2.05) is 18.2 Å². The Kier molecular flexibility index (Phi) is 5.64. The fraction of sp³-hybridized carbons (Fsp3) is 0.136. The Morgan fingerprint density at radius 1 is 1.13 bits per heavy atom. The smallest absolute Gasteiger partial charge is 0.218 e. The van der Waals surface area contributed by atoms with Crippen LogP contribution in [0, 0.1) is 11.3 Å². The molecular weight excluding hydrogens is 397 g/mol. The third-order valence-electron chi connectivity index (χ3n) is 4.57. The molecule has 1 aromatic carbocycles. The van der Waals surface area contributed by atoms with Gasteiger partial charge in [-0.25, -0.2) is 19.0 Å². The van der Waals surface area contributed by atoms with Crippen LogP contribution in [-0.4, -0.2) is 31.3 Å². The fourth-order valence-corrected chi connectivity index (χ4v) is 2.93. The van der Waals surface area contributed by atoms with Crippen molar-refractivity contribution in [3.63, 3.8) is 0 Å². The van der Waals surface area contributed by atoms with Gasteiger partial charge in [-0.3, -0.25) is 4.98 Å². The summed E-state index contributed by atoms with van der Waals surface area (Å²) >= 11 is 0. The highest BCUT2D eigenvalue weighted by molar-refractivity contribution is 5.66. The van der Waals surface area contributed by atoms with E-state index in [2.05, 4.69) is 26.1 Å². The van der Waals surface area contributed by atoms with Crippen molar-refractivity contribution < 1.29 is 9.13 Å². The summed E-state index contributed by atoms with van der Waals surface area (Å²) in [4.78, 5) is 12.8. The second-order valence-electron chi connectivity index (χ2n) is 6.67. The van der Waals surface area contributed by atoms with Gasteiger partial charge in [0.05, 0.1) is 22.9 Å². The second kappa shape index (κ2) is 8.69. The molecule has 0 spiro atoms. The largest absolute Gasteiger partial charge is 0.438 e. The second-order valence-corrected chi connectivity index (χ2v) is 6.67. The van der Waals surface area contributed by atoms with Crippen molar-refractivity contribution in [2.75, 3.05) is 6.54 Å². The van der Waals surface area contributed by atoms with E-state index in [0.717, 1.165) is 0 Å². The topological polar surface area (TPSA) is 116 Å². The first kappa shape index (κ1) is 20.1. The number of nitrogens with two attached hydrogens (primary N) is 1. The summed E-state index contributed by atoms with van der Waals surface area (Å²) in [5, 5.41) is 13.7. The highest BCUT2D eigenvalue weighted by Crippen LogP contribution is 2.34. The van der Waals surface area contributed by atoms with Crippen molar-refractivity contribution in [2.45, 2.75) is 6.17 Å². The van der Waals surface area contributed by atoms with Gasteiger partial charge in [-0.2, -0.15) is 10.4 Å². The number of alkyl halides is 1. The zero-order chi connectivity index (χ0) is 21.8. The number of benzene rings is 1. The van der Waals surface area contributed by atoms with Gasteiger partial charge < -0.3 is 10.5 Å². The molecule has 0 saturated heterocycles. The van der Waals surface area contributed by atoms with Crippen molar-refractivity contribution in [2.24, 2.45) is 12.8 Å². The molecule has 8 nitrogen and oxygen atoms in total. The van der Waals surface area contributed by atoms with Crippen LogP contribution in [0.2, 0.25) is 0 Å². The van der Waals surface area contributed by atoms with Gasteiger partial charge in [-0.05, 0) is 30.3 Å². The van der Waals surface area contributed by atoms with Crippen molar-refractivity contribution in [1.82, 2.24) is 24.7 Å². The minimum Gasteiger partial charge on any atom is -0.438 e. The van der Waals surface area contributed by atoms with E-state index in [9.17, 15) is 9.65 Å². The molecule has 3 heterocycles. The van der Waals surface area contributed by atoms with E-state index in [1.165, 1.54) is 12.4 Å². The van der Waals surface area contributed by atoms with Crippen molar-refractivity contribution in [3.8, 4) is 40.5 Å². The number of aryl methyl sites for hydroxylation is 1. The predicted octanol–water partition coefficient (Wildman–Crippen LogP) is 3.57. The van der Waals surface area contributed by atoms with Crippen LogP contribution in [0.5, 0.6) is 11.6 Å². The molecule has 0 aliphatic rings. The summed E-state index contributed by atoms with van der Waals surface area (Å²) in [7, 11) is 1.75. The number of nitriles is 1. The average molecular weight is 415 g/mol. The molecule has 154 valence electrons. The lowest BCUT2D eigenvalue weighted by molar-refractivity contribution is 0.351. The number of nitrogens with zero attached hydrogens (tertiary/aromatic N) is 6. The summed E-state index contributed by atoms with van der Waals surface area (Å²) in [6.07, 6.45) is 3.15. The van der Waals surface area contributed by atoms with Crippen LogP contribution in [0.4, 0.5) is 4.39 Å². The summed E-state index contributed by atoms with van der Waals surface area (Å²) < 4.78 is 21.4.